The summed E-state index contributed by atoms with van der Waals surface area (Å²) in [7, 11) is -3.92. The molecule has 0 bridgehead atoms. The molecule has 2 rings (SSSR count). The number of hydrogen-bond donors (Lipinski definition) is 2. The number of para-hydroxylation sites is 1. The quantitative estimate of drug-likeness (QED) is 0.732. The van der Waals surface area contributed by atoms with E-state index in [4.69, 9.17) is 0 Å². The molecule has 0 radical (unpaired) electrons. The average molecular weight is 410 g/mol. The Balaban J connectivity index is 2.25. The second-order valence-corrected chi connectivity index (χ2v) is 10.4. The number of nitrogens with one attached hydrogen (secondary N) is 2. The highest BCUT2D eigenvalue weighted by atomic mass is 32.2. The highest BCUT2D eigenvalue weighted by molar-refractivity contribution is 7.87. The zero-order chi connectivity index (χ0) is 21.2. The van der Waals surface area contributed by atoms with E-state index in [0.717, 1.165) is 24.0 Å². The fraction of sp³-hybridized carbons (Fsp3) is 0.667. The molecule has 2 atom stereocenters. The lowest BCUT2D eigenvalue weighted by molar-refractivity contribution is 0.161. The molecule has 28 heavy (non-hydrogen) atoms. The van der Waals surface area contributed by atoms with E-state index in [1.165, 1.54) is 4.31 Å². The number of carbonyl (C=O) groups is 1. The van der Waals surface area contributed by atoms with Gasteiger partial charge in [-0.15, -0.1) is 0 Å². The van der Waals surface area contributed by atoms with Crippen molar-refractivity contribution in [2.75, 3.05) is 5.32 Å². The van der Waals surface area contributed by atoms with Crippen molar-refractivity contribution < 1.29 is 13.2 Å². The fourth-order valence-electron chi connectivity index (χ4n) is 4.38. The SMILES string of the molecule is CC1CC(C)N(S(=O)(=O)NC(=O)Nc2c(C(C)C)cccc2C(C)C)C(C)C1. The van der Waals surface area contributed by atoms with Crippen molar-refractivity contribution >= 4 is 21.9 Å². The molecule has 1 saturated heterocycles. The van der Waals surface area contributed by atoms with Gasteiger partial charge in [0.15, 0.2) is 0 Å². The average Bonchev–Trinajstić information content (AvgIpc) is 2.52. The summed E-state index contributed by atoms with van der Waals surface area (Å²) in [5, 5.41) is 2.82. The second kappa shape index (κ2) is 8.82. The number of urea groups is 1. The molecule has 0 aliphatic carbocycles. The van der Waals surface area contributed by atoms with Gasteiger partial charge in [-0.2, -0.15) is 12.7 Å². The Kier molecular flexibility index (Phi) is 7.15. The van der Waals surface area contributed by atoms with Gasteiger partial charge in [0.05, 0.1) is 0 Å². The smallest absolute Gasteiger partial charge is 0.307 e. The zero-order valence-electron chi connectivity index (χ0n) is 18.1. The first-order valence-electron chi connectivity index (χ1n) is 10.2. The summed E-state index contributed by atoms with van der Waals surface area (Å²) in [6, 6.07) is 4.92. The van der Waals surface area contributed by atoms with Gasteiger partial charge >= 0.3 is 16.2 Å². The first kappa shape index (κ1) is 22.7. The first-order valence-corrected chi connectivity index (χ1v) is 11.6. The van der Waals surface area contributed by atoms with Crippen LogP contribution in [0.1, 0.15) is 84.3 Å². The van der Waals surface area contributed by atoms with Gasteiger partial charge in [0, 0.05) is 17.8 Å². The number of hydrogen-bond acceptors (Lipinski definition) is 3. The van der Waals surface area contributed by atoms with Crippen LogP contribution in [0.15, 0.2) is 18.2 Å². The van der Waals surface area contributed by atoms with Crippen LogP contribution in [0.3, 0.4) is 0 Å². The molecule has 0 aromatic heterocycles. The molecular weight excluding hydrogens is 374 g/mol. The molecule has 6 nitrogen and oxygen atoms in total. The normalized spacial score (nSPS) is 23.8. The summed E-state index contributed by atoms with van der Waals surface area (Å²) in [5.41, 5.74) is 2.69. The van der Waals surface area contributed by atoms with Gasteiger partial charge in [0.1, 0.15) is 0 Å². The maximum absolute atomic E-state index is 12.9. The predicted molar refractivity (Wildman–Crippen MR) is 115 cm³/mol. The second-order valence-electron chi connectivity index (χ2n) is 8.79. The Morgan fingerprint density at radius 2 is 1.46 bits per heavy atom. The van der Waals surface area contributed by atoms with Crippen LogP contribution in [-0.4, -0.2) is 30.8 Å². The van der Waals surface area contributed by atoms with Crippen molar-refractivity contribution in [1.29, 1.82) is 0 Å². The van der Waals surface area contributed by atoms with Crippen LogP contribution in [0.25, 0.3) is 0 Å². The first-order chi connectivity index (χ1) is 12.9. The lowest BCUT2D eigenvalue weighted by Gasteiger charge is -2.40. The minimum Gasteiger partial charge on any atom is -0.307 e. The molecule has 0 spiro atoms. The summed E-state index contributed by atoms with van der Waals surface area (Å²) in [6.07, 6.45) is 1.58. The van der Waals surface area contributed by atoms with Gasteiger partial charge in [-0.05, 0) is 55.6 Å². The van der Waals surface area contributed by atoms with E-state index in [-0.39, 0.29) is 23.9 Å². The molecule has 2 amide bonds. The van der Waals surface area contributed by atoms with E-state index in [0.29, 0.717) is 11.6 Å². The maximum Gasteiger partial charge on any atom is 0.333 e. The Morgan fingerprint density at radius 1 is 1.00 bits per heavy atom. The molecule has 1 fully saturated rings. The van der Waals surface area contributed by atoms with Crippen LogP contribution in [-0.2, 0) is 10.2 Å². The number of benzene rings is 1. The minimum absolute atomic E-state index is 0.141. The van der Waals surface area contributed by atoms with Crippen molar-refractivity contribution in [2.24, 2.45) is 5.92 Å². The van der Waals surface area contributed by atoms with Crippen LogP contribution in [0, 0.1) is 5.92 Å². The molecule has 2 N–H and O–H groups in total. The Labute approximate surface area is 170 Å². The van der Waals surface area contributed by atoms with Crippen molar-refractivity contribution in [3.05, 3.63) is 29.3 Å². The van der Waals surface area contributed by atoms with Gasteiger partial charge in [-0.1, -0.05) is 52.8 Å². The summed E-state index contributed by atoms with van der Waals surface area (Å²) in [6.45, 7) is 14.1. The molecular formula is C21H35N3O3S. The lowest BCUT2D eigenvalue weighted by atomic mass is 9.91. The van der Waals surface area contributed by atoms with E-state index in [1.54, 1.807) is 0 Å². The molecule has 158 valence electrons. The van der Waals surface area contributed by atoms with Gasteiger partial charge in [-0.25, -0.2) is 9.52 Å². The standard InChI is InChI=1S/C21H35N3O3S/c1-13(2)18-9-8-10-19(14(3)4)20(18)22-21(25)23-28(26,27)24-16(6)11-15(5)12-17(24)7/h8-10,13-17H,11-12H2,1-7H3,(H2,22,23,25). The largest absolute Gasteiger partial charge is 0.333 e. The number of amides is 2. The van der Waals surface area contributed by atoms with Crippen molar-refractivity contribution in [2.45, 2.75) is 85.2 Å². The fourth-order valence-corrected chi connectivity index (χ4v) is 5.89. The number of anilines is 1. The third-order valence-electron chi connectivity index (χ3n) is 5.47. The molecule has 2 unspecified atom stereocenters. The van der Waals surface area contributed by atoms with Crippen LogP contribution in [0.2, 0.25) is 0 Å². The zero-order valence-corrected chi connectivity index (χ0v) is 18.9. The monoisotopic (exact) mass is 409 g/mol. The number of nitrogens with zero attached hydrogens (tertiary/aromatic N) is 1. The molecule has 0 saturated carbocycles. The molecule has 1 heterocycles. The van der Waals surface area contributed by atoms with Crippen LogP contribution in [0.5, 0.6) is 0 Å². The number of carbonyl (C=O) groups excluding carboxylic acids is 1. The van der Waals surface area contributed by atoms with Gasteiger partial charge in [-0.3, -0.25) is 0 Å². The molecule has 1 aliphatic heterocycles. The van der Waals surface area contributed by atoms with Gasteiger partial charge in [0.2, 0.25) is 0 Å². The maximum atomic E-state index is 12.9. The van der Waals surface area contributed by atoms with Crippen molar-refractivity contribution in [1.82, 2.24) is 9.03 Å². The summed E-state index contributed by atoms with van der Waals surface area (Å²) in [5.74, 6) is 0.875. The van der Waals surface area contributed by atoms with E-state index < -0.39 is 16.2 Å². The third-order valence-corrected chi connectivity index (χ3v) is 7.18. The number of rotatable bonds is 5. The highest BCUT2D eigenvalue weighted by Crippen LogP contribution is 2.33. The predicted octanol–water partition coefficient (Wildman–Crippen LogP) is 4.81. The van der Waals surface area contributed by atoms with E-state index in [9.17, 15) is 13.2 Å². The number of piperidine rings is 1. The topological polar surface area (TPSA) is 78.5 Å². The molecule has 1 aromatic carbocycles. The Hall–Kier alpha value is -1.60. The van der Waals surface area contributed by atoms with E-state index in [1.807, 2.05) is 32.0 Å². The van der Waals surface area contributed by atoms with Crippen LogP contribution in [0.4, 0.5) is 10.5 Å². The Morgan fingerprint density at radius 3 is 1.89 bits per heavy atom. The van der Waals surface area contributed by atoms with Crippen molar-refractivity contribution in [3.8, 4) is 0 Å². The summed E-state index contributed by atoms with van der Waals surface area (Å²) >= 11 is 0. The third kappa shape index (κ3) is 5.06. The molecule has 7 heteroatoms. The van der Waals surface area contributed by atoms with Crippen molar-refractivity contribution in [3.63, 3.8) is 0 Å². The minimum atomic E-state index is -3.92. The van der Waals surface area contributed by atoms with E-state index in [2.05, 4.69) is 44.7 Å². The Bertz CT molecular complexity index is 767. The lowest BCUT2D eigenvalue weighted by Crippen LogP contribution is -2.55. The highest BCUT2D eigenvalue weighted by Gasteiger charge is 2.38. The van der Waals surface area contributed by atoms with E-state index >= 15 is 0 Å². The summed E-state index contributed by atoms with van der Waals surface area (Å²) < 4.78 is 29.5. The van der Waals surface area contributed by atoms with Gasteiger partial charge < -0.3 is 5.32 Å². The molecule has 1 aromatic rings. The molecule has 1 aliphatic rings. The summed E-state index contributed by atoms with van der Waals surface area (Å²) in [4.78, 5) is 12.7. The van der Waals surface area contributed by atoms with Gasteiger partial charge in [0.25, 0.3) is 0 Å². The van der Waals surface area contributed by atoms with Crippen LogP contribution >= 0.6 is 0 Å². The van der Waals surface area contributed by atoms with Crippen LogP contribution < -0.4 is 10.0 Å².